The molecule has 0 bridgehead atoms. The van der Waals surface area contributed by atoms with Crippen molar-refractivity contribution >= 4 is 17.2 Å². The molecule has 0 aromatic heterocycles. The van der Waals surface area contributed by atoms with Crippen molar-refractivity contribution in [3.05, 3.63) is 60.2 Å². The minimum atomic E-state index is -0.334. The summed E-state index contributed by atoms with van der Waals surface area (Å²) in [6.07, 6.45) is 1.50. The van der Waals surface area contributed by atoms with E-state index < -0.39 is 0 Å². The van der Waals surface area contributed by atoms with Crippen LogP contribution in [0.2, 0.25) is 0 Å². The molecule has 2 aromatic rings. The highest BCUT2D eigenvalue weighted by atomic mass is 16.5. The van der Waals surface area contributed by atoms with Gasteiger partial charge in [-0.2, -0.15) is 0 Å². The minimum Gasteiger partial charge on any atom is -0.466 e. The van der Waals surface area contributed by atoms with Gasteiger partial charge in [0.05, 0.1) is 7.11 Å². The Morgan fingerprint density at radius 3 is 2.27 bits per heavy atom. The molecule has 3 nitrogen and oxygen atoms in total. The van der Waals surface area contributed by atoms with Crippen LogP contribution in [0, 0.1) is 0 Å². The molecule has 22 heavy (non-hydrogen) atoms. The molecule has 0 N–H and O–H groups in total. The molecule has 114 valence electrons. The van der Waals surface area contributed by atoms with E-state index in [0.29, 0.717) is 0 Å². The monoisotopic (exact) mass is 295 g/mol. The van der Waals surface area contributed by atoms with Gasteiger partial charge in [0.15, 0.2) is 0 Å². The van der Waals surface area contributed by atoms with Crippen molar-refractivity contribution in [1.82, 2.24) is 0 Å². The van der Waals surface area contributed by atoms with E-state index >= 15 is 0 Å². The quantitative estimate of drug-likeness (QED) is 0.631. The zero-order chi connectivity index (χ0) is 16.1. The third kappa shape index (κ3) is 3.55. The first-order valence-electron chi connectivity index (χ1n) is 7.16. The van der Waals surface area contributed by atoms with Crippen molar-refractivity contribution in [2.75, 3.05) is 26.1 Å². The van der Waals surface area contributed by atoms with Gasteiger partial charge in [0.1, 0.15) is 0 Å². The van der Waals surface area contributed by atoms with Gasteiger partial charge in [-0.1, -0.05) is 42.5 Å². The van der Waals surface area contributed by atoms with E-state index in [0.717, 1.165) is 16.7 Å². The lowest BCUT2D eigenvalue weighted by Crippen LogP contribution is -2.09. The van der Waals surface area contributed by atoms with Gasteiger partial charge >= 0.3 is 5.97 Å². The lowest BCUT2D eigenvalue weighted by Gasteiger charge is -2.17. The first kappa shape index (κ1) is 15.8. The van der Waals surface area contributed by atoms with Crippen molar-refractivity contribution < 1.29 is 9.53 Å². The van der Waals surface area contributed by atoms with Gasteiger partial charge in [-0.3, -0.25) is 0 Å². The molecular formula is C19H21NO2. The lowest BCUT2D eigenvalue weighted by molar-refractivity contribution is -0.134. The fourth-order valence-corrected chi connectivity index (χ4v) is 2.34. The molecular weight excluding hydrogens is 274 g/mol. The molecule has 0 radical (unpaired) electrons. The van der Waals surface area contributed by atoms with Gasteiger partial charge in [-0.15, -0.1) is 0 Å². The zero-order valence-corrected chi connectivity index (χ0v) is 13.5. The molecule has 2 aromatic carbocycles. The molecule has 0 aliphatic heterocycles. The van der Waals surface area contributed by atoms with Gasteiger partial charge in [0.25, 0.3) is 0 Å². The van der Waals surface area contributed by atoms with Gasteiger partial charge < -0.3 is 9.64 Å². The Kier molecular flexibility index (Phi) is 4.99. The summed E-state index contributed by atoms with van der Waals surface area (Å²) in [5.74, 6) is -0.334. The topological polar surface area (TPSA) is 29.5 Å². The molecule has 0 atom stereocenters. The van der Waals surface area contributed by atoms with Crippen LogP contribution in [0.25, 0.3) is 16.7 Å². The second-order valence-corrected chi connectivity index (χ2v) is 5.34. The maximum atomic E-state index is 11.3. The van der Waals surface area contributed by atoms with Gasteiger partial charge in [0, 0.05) is 31.4 Å². The van der Waals surface area contributed by atoms with Crippen LogP contribution in [0.4, 0.5) is 5.69 Å². The molecule has 3 heteroatoms. The molecule has 0 aliphatic carbocycles. The van der Waals surface area contributed by atoms with Crippen molar-refractivity contribution in [3.63, 3.8) is 0 Å². The number of anilines is 1. The number of methoxy groups -OCH3 is 1. The molecule has 2 rings (SSSR count). The van der Waals surface area contributed by atoms with E-state index in [2.05, 4.69) is 33.9 Å². The van der Waals surface area contributed by atoms with Gasteiger partial charge in [-0.05, 0) is 29.7 Å². The second kappa shape index (κ2) is 6.94. The van der Waals surface area contributed by atoms with Crippen molar-refractivity contribution in [3.8, 4) is 11.1 Å². The van der Waals surface area contributed by atoms with Gasteiger partial charge in [0.2, 0.25) is 0 Å². The number of ether oxygens (including phenoxy) is 1. The Morgan fingerprint density at radius 1 is 1.05 bits per heavy atom. The number of benzene rings is 2. The highest BCUT2D eigenvalue weighted by Crippen LogP contribution is 2.30. The Bertz CT molecular complexity index is 685. The third-order valence-electron chi connectivity index (χ3n) is 3.57. The van der Waals surface area contributed by atoms with Crippen LogP contribution in [0.3, 0.4) is 0 Å². The molecule has 0 spiro atoms. The number of carbonyl (C=O) groups is 1. The smallest absolute Gasteiger partial charge is 0.330 e. The van der Waals surface area contributed by atoms with Crippen LogP contribution >= 0.6 is 0 Å². The SMILES string of the molecule is COC(=O)/C=C(\C)c1ccc(-c2ccccc2N(C)C)cc1. The van der Waals surface area contributed by atoms with Crippen molar-refractivity contribution in [2.24, 2.45) is 0 Å². The van der Waals surface area contributed by atoms with E-state index in [1.165, 1.54) is 24.4 Å². The summed E-state index contributed by atoms with van der Waals surface area (Å²) in [5, 5.41) is 0. The summed E-state index contributed by atoms with van der Waals surface area (Å²) in [6.45, 7) is 1.90. The summed E-state index contributed by atoms with van der Waals surface area (Å²) >= 11 is 0. The summed E-state index contributed by atoms with van der Waals surface area (Å²) in [4.78, 5) is 13.4. The first-order valence-corrected chi connectivity index (χ1v) is 7.16. The standard InChI is InChI=1S/C19H21NO2/c1-14(13-19(21)22-4)15-9-11-16(12-10-15)17-7-5-6-8-18(17)20(2)3/h5-13H,1-4H3/b14-13+. The maximum Gasteiger partial charge on any atom is 0.330 e. The van der Waals surface area contributed by atoms with Crippen LogP contribution in [-0.4, -0.2) is 27.2 Å². The molecule has 0 fully saturated rings. The average molecular weight is 295 g/mol. The van der Waals surface area contributed by atoms with Crippen LogP contribution in [0.5, 0.6) is 0 Å². The maximum absolute atomic E-state index is 11.3. The van der Waals surface area contributed by atoms with E-state index in [1.54, 1.807) is 0 Å². The second-order valence-electron chi connectivity index (χ2n) is 5.34. The van der Waals surface area contributed by atoms with E-state index in [9.17, 15) is 4.79 Å². The average Bonchev–Trinajstić information content (AvgIpc) is 2.54. The van der Waals surface area contributed by atoms with E-state index in [4.69, 9.17) is 0 Å². The normalized spacial score (nSPS) is 11.2. The highest BCUT2D eigenvalue weighted by molar-refractivity contribution is 5.91. The first-order chi connectivity index (χ1) is 10.5. The summed E-state index contributed by atoms with van der Waals surface area (Å²) in [6, 6.07) is 16.5. The Hall–Kier alpha value is -2.55. The minimum absolute atomic E-state index is 0.334. The predicted octanol–water partition coefficient (Wildman–Crippen LogP) is 4.00. The highest BCUT2D eigenvalue weighted by Gasteiger charge is 2.07. The molecule has 0 saturated carbocycles. The number of para-hydroxylation sites is 1. The summed E-state index contributed by atoms with van der Waals surface area (Å²) in [7, 11) is 5.46. The number of carbonyl (C=O) groups excluding carboxylic acids is 1. The Balaban J connectivity index is 2.34. The number of nitrogens with zero attached hydrogens (tertiary/aromatic N) is 1. The third-order valence-corrected chi connectivity index (χ3v) is 3.57. The van der Waals surface area contributed by atoms with Crippen LogP contribution in [0.15, 0.2) is 54.6 Å². The van der Waals surface area contributed by atoms with Crippen LogP contribution in [-0.2, 0) is 9.53 Å². The summed E-state index contributed by atoms with van der Waals surface area (Å²) in [5.41, 5.74) is 5.42. The largest absolute Gasteiger partial charge is 0.466 e. The Labute approximate surface area is 131 Å². The van der Waals surface area contributed by atoms with Crippen molar-refractivity contribution in [1.29, 1.82) is 0 Å². The number of esters is 1. The fourth-order valence-electron chi connectivity index (χ4n) is 2.34. The van der Waals surface area contributed by atoms with Crippen molar-refractivity contribution in [2.45, 2.75) is 6.92 Å². The molecule has 0 amide bonds. The molecule has 0 unspecified atom stereocenters. The number of hydrogen-bond acceptors (Lipinski definition) is 3. The van der Waals surface area contributed by atoms with Gasteiger partial charge in [-0.25, -0.2) is 4.79 Å². The zero-order valence-electron chi connectivity index (χ0n) is 13.5. The number of allylic oxidation sites excluding steroid dienone is 1. The van der Waals surface area contributed by atoms with E-state index in [-0.39, 0.29) is 5.97 Å². The molecule has 0 aliphatic rings. The molecule has 0 saturated heterocycles. The fraction of sp³-hybridized carbons (Fsp3) is 0.211. The number of rotatable bonds is 4. The van der Waals surface area contributed by atoms with E-state index in [1.807, 2.05) is 45.3 Å². The molecule has 0 heterocycles. The van der Waals surface area contributed by atoms with Crippen LogP contribution in [0.1, 0.15) is 12.5 Å². The Morgan fingerprint density at radius 2 is 1.68 bits per heavy atom. The van der Waals surface area contributed by atoms with Crippen LogP contribution < -0.4 is 4.90 Å². The summed E-state index contributed by atoms with van der Waals surface area (Å²) < 4.78 is 4.66. The number of hydrogen-bond donors (Lipinski definition) is 0. The predicted molar refractivity (Wildman–Crippen MR) is 91.9 cm³/mol. The lowest BCUT2D eigenvalue weighted by atomic mass is 9.99.